The molecule has 0 unspecified atom stereocenters. The van der Waals surface area contributed by atoms with Crippen molar-refractivity contribution in [1.82, 2.24) is 4.98 Å². The zero-order chi connectivity index (χ0) is 23.5. The monoisotopic (exact) mass is 450 g/mol. The van der Waals surface area contributed by atoms with Gasteiger partial charge in [-0.2, -0.15) is 0 Å². The lowest BCUT2D eigenvalue weighted by Crippen LogP contribution is -2.31. The minimum atomic E-state index is -0.406. The topological polar surface area (TPSA) is 74.0 Å². The van der Waals surface area contributed by atoms with Gasteiger partial charge in [0.05, 0.1) is 27.9 Å². The van der Waals surface area contributed by atoms with Crippen LogP contribution >= 0.6 is 0 Å². The number of aryl methyl sites for hydroxylation is 1. The molecule has 2 aromatic heterocycles. The molecule has 0 spiro atoms. The van der Waals surface area contributed by atoms with Gasteiger partial charge < -0.3 is 18.6 Å². The van der Waals surface area contributed by atoms with Crippen LogP contribution in [0.5, 0.6) is 17.2 Å². The van der Waals surface area contributed by atoms with Crippen molar-refractivity contribution < 1.29 is 27.8 Å². The molecule has 0 aliphatic carbocycles. The maximum atomic E-state index is 13.8. The lowest BCUT2D eigenvalue weighted by atomic mass is 10.1. The van der Waals surface area contributed by atoms with Crippen LogP contribution < -0.4 is 19.1 Å². The van der Waals surface area contributed by atoms with E-state index in [1.165, 1.54) is 44.4 Å². The minimum Gasteiger partial charge on any atom is -0.493 e. The maximum Gasteiger partial charge on any atom is 0.295 e. The summed E-state index contributed by atoms with van der Waals surface area (Å²) in [5.74, 6) is 1.14. The number of benzene rings is 2. The van der Waals surface area contributed by atoms with Crippen molar-refractivity contribution in [2.24, 2.45) is 0 Å². The Hall–Kier alpha value is -4.07. The number of rotatable bonds is 7. The Morgan fingerprint density at radius 1 is 1.03 bits per heavy atom. The molecule has 2 heterocycles. The molecule has 0 saturated carbocycles. The SMILES string of the molecule is COc1cc(CN(C(=O)c2oc3ccc(F)cc3c2C)c2ccccn2)cc(OC)c1OC. The smallest absolute Gasteiger partial charge is 0.295 e. The van der Waals surface area contributed by atoms with Crippen LogP contribution in [0.25, 0.3) is 11.0 Å². The van der Waals surface area contributed by atoms with E-state index >= 15 is 0 Å². The number of methoxy groups -OCH3 is 3. The third-order valence-corrected chi connectivity index (χ3v) is 5.33. The summed E-state index contributed by atoms with van der Waals surface area (Å²) in [4.78, 5) is 19.5. The summed E-state index contributed by atoms with van der Waals surface area (Å²) in [7, 11) is 4.58. The Labute approximate surface area is 190 Å². The maximum absolute atomic E-state index is 13.8. The zero-order valence-electron chi connectivity index (χ0n) is 18.7. The highest BCUT2D eigenvalue weighted by molar-refractivity contribution is 6.07. The molecule has 4 rings (SSSR count). The fraction of sp³-hybridized carbons (Fsp3) is 0.200. The van der Waals surface area contributed by atoms with Gasteiger partial charge in [-0.15, -0.1) is 0 Å². The number of nitrogens with zero attached hydrogens (tertiary/aromatic N) is 2. The molecule has 0 bridgehead atoms. The molecule has 0 aliphatic rings. The number of pyridine rings is 1. The van der Waals surface area contributed by atoms with Crippen molar-refractivity contribution in [2.75, 3.05) is 26.2 Å². The Bertz CT molecular complexity index is 1280. The van der Waals surface area contributed by atoms with E-state index in [4.69, 9.17) is 18.6 Å². The van der Waals surface area contributed by atoms with E-state index in [0.717, 1.165) is 5.56 Å². The second kappa shape index (κ2) is 9.20. The van der Waals surface area contributed by atoms with Crippen LogP contribution in [0, 0.1) is 12.7 Å². The van der Waals surface area contributed by atoms with Crippen LogP contribution in [0.15, 0.2) is 59.1 Å². The number of anilines is 1. The molecule has 0 atom stereocenters. The lowest BCUT2D eigenvalue weighted by Gasteiger charge is -2.22. The average molecular weight is 450 g/mol. The number of carbonyl (C=O) groups is 1. The minimum absolute atomic E-state index is 0.119. The summed E-state index contributed by atoms with van der Waals surface area (Å²) >= 11 is 0. The number of fused-ring (bicyclic) bond motifs is 1. The van der Waals surface area contributed by atoms with Gasteiger partial charge in [0, 0.05) is 17.1 Å². The van der Waals surface area contributed by atoms with Crippen molar-refractivity contribution in [3.63, 3.8) is 0 Å². The van der Waals surface area contributed by atoms with Gasteiger partial charge in [-0.3, -0.25) is 9.69 Å². The Morgan fingerprint density at radius 2 is 1.76 bits per heavy atom. The summed E-state index contributed by atoms with van der Waals surface area (Å²) in [6, 6.07) is 13.0. The van der Waals surface area contributed by atoms with Crippen molar-refractivity contribution >= 4 is 22.7 Å². The molecular weight excluding hydrogens is 427 g/mol. The van der Waals surface area contributed by atoms with Crippen molar-refractivity contribution in [2.45, 2.75) is 13.5 Å². The Kier molecular flexibility index (Phi) is 6.17. The molecule has 4 aromatic rings. The van der Waals surface area contributed by atoms with Gasteiger partial charge in [0.15, 0.2) is 17.3 Å². The molecule has 0 fully saturated rings. The molecule has 0 saturated heterocycles. The van der Waals surface area contributed by atoms with Crippen LogP contribution in [-0.2, 0) is 6.54 Å². The molecule has 7 nitrogen and oxygen atoms in total. The third kappa shape index (κ3) is 4.19. The van der Waals surface area contributed by atoms with Gasteiger partial charge in [0.1, 0.15) is 17.2 Å². The van der Waals surface area contributed by atoms with E-state index in [2.05, 4.69) is 4.98 Å². The van der Waals surface area contributed by atoms with Crippen molar-refractivity contribution in [3.8, 4) is 17.2 Å². The average Bonchev–Trinajstić information content (AvgIpc) is 3.17. The predicted molar refractivity (Wildman–Crippen MR) is 122 cm³/mol. The third-order valence-electron chi connectivity index (χ3n) is 5.33. The highest BCUT2D eigenvalue weighted by Gasteiger charge is 2.26. The lowest BCUT2D eigenvalue weighted by molar-refractivity contribution is 0.0959. The highest BCUT2D eigenvalue weighted by atomic mass is 19.1. The summed E-state index contributed by atoms with van der Waals surface area (Å²) in [5, 5.41) is 0.548. The fourth-order valence-corrected chi connectivity index (χ4v) is 3.70. The number of carbonyl (C=O) groups excluding carboxylic acids is 1. The van der Waals surface area contributed by atoms with Gasteiger partial charge >= 0.3 is 0 Å². The first-order chi connectivity index (χ1) is 16.0. The van der Waals surface area contributed by atoms with E-state index in [9.17, 15) is 9.18 Å². The van der Waals surface area contributed by atoms with E-state index in [-0.39, 0.29) is 12.3 Å². The molecule has 0 N–H and O–H groups in total. The number of halogens is 1. The molecule has 33 heavy (non-hydrogen) atoms. The second-order valence-corrected chi connectivity index (χ2v) is 7.31. The quantitative estimate of drug-likeness (QED) is 0.388. The van der Waals surface area contributed by atoms with E-state index in [0.29, 0.717) is 39.6 Å². The van der Waals surface area contributed by atoms with Crippen LogP contribution in [0.2, 0.25) is 0 Å². The first-order valence-electron chi connectivity index (χ1n) is 10.2. The zero-order valence-corrected chi connectivity index (χ0v) is 18.7. The molecular formula is C25H23FN2O5. The fourth-order valence-electron chi connectivity index (χ4n) is 3.70. The number of ether oxygens (including phenoxy) is 3. The van der Waals surface area contributed by atoms with E-state index < -0.39 is 11.7 Å². The van der Waals surface area contributed by atoms with Crippen LogP contribution in [0.1, 0.15) is 21.7 Å². The number of furan rings is 1. The normalized spacial score (nSPS) is 10.8. The van der Waals surface area contributed by atoms with Crippen LogP contribution in [0.4, 0.5) is 10.2 Å². The molecule has 0 aliphatic heterocycles. The summed E-state index contributed by atoms with van der Waals surface area (Å²) < 4.78 is 35.9. The Balaban J connectivity index is 1.79. The second-order valence-electron chi connectivity index (χ2n) is 7.31. The molecule has 2 aromatic carbocycles. The predicted octanol–water partition coefficient (Wildman–Crippen LogP) is 5.15. The van der Waals surface area contributed by atoms with Crippen molar-refractivity contribution in [1.29, 1.82) is 0 Å². The standard InChI is InChI=1S/C25H23FN2O5/c1-15-18-13-17(26)8-9-19(18)33-23(15)25(29)28(22-7-5-6-10-27-22)14-16-11-20(30-2)24(32-4)21(12-16)31-3/h5-13H,14H2,1-4H3. The number of hydrogen-bond acceptors (Lipinski definition) is 6. The van der Waals surface area contributed by atoms with Gasteiger partial charge in [-0.1, -0.05) is 6.07 Å². The number of hydrogen-bond donors (Lipinski definition) is 0. The van der Waals surface area contributed by atoms with E-state index in [1.807, 2.05) is 0 Å². The number of amides is 1. The molecule has 8 heteroatoms. The van der Waals surface area contributed by atoms with Crippen LogP contribution in [-0.4, -0.2) is 32.2 Å². The summed E-state index contributed by atoms with van der Waals surface area (Å²) in [6.45, 7) is 1.88. The largest absolute Gasteiger partial charge is 0.493 e. The first-order valence-corrected chi connectivity index (χ1v) is 10.2. The molecule has 0 radical (unpaired) electrons. The van der Waals surface area contributed by atoms with Gasteiger partial charge in [0.2, 0.25) is 5.75 Å². The van der Waals surface area contributed by atoms with Gasteiger partial charge in [-0.05, 0) is 55.0 Å². The first kappa shape index (κ1) is 22.1. The van der Waals surface area contributed by atoms with Gasteiger partial charge in [-0.25, -0.2) is 9.37 Å². The molecule has 1 amide bonds. The van der Waals surface area contributed by atoms with Crippen LogP contribution in [0.3, 0.4) is 0 Å². The van der Waals surface area contributed by atoms with Crippen molar-refractivity contribution in [3.05, 3.63) is 77.4 Å². The van der Waals surface area contributed by atoms with Gasteiger partial charge in [0.25, 0.3) is 5.91 Å². The molecule has 170 valence electrons. The number of aromatic nitrogens is 1. The van der Waals surface area contributed by atoms with E-state index in [1.54, 1.807) is 43.5 Å². The summed E-state index contributed by atoms with van der Waals surface area (Å²) in [6.07, 6.45) is 1.60. The highest BCUT2D eigenvalue weighted by Crippen LogP contribution is 2.39. The summed E-state index contributed by atoms with van der Waals surface area (Å²) in [5.41, 5.74) is 1.72. The Morgan fingerprint density at radius 3 is 2.36 bits per heavy atom.